The van der Waals surface area contributed by atoms with E-state index >= 15 is 0 Å². The number of carbonyl (C=O) groups excluding carboxylic acids is 1. The summed E-state index contributed by atoms with van der Waals surface area (Å²) in [5.41, 5.74) is 0.577. The van der Waals surface area contributed by atoms with E-state index < -0.39 is 11.5 Å². The molecular formula is C23H24N4O4. The van der Waals surface area contributed by atoms with Crippen molar-refractivity contribution < 1.29 is 19.4 Å². The molecule has 0 unspecified atom stereocenters. The number of fused-ring (bicyclic) bond motifs is 1. The predicted molar refractivity (Wildman–Crippen MR) is 116 cm³/mol. The average molecular weight is 420 g/mol. The number of pyridine rings is 1. The minimum absolute atomic E-state index is 0.000973. The van der Waals surface area contributed by atoms with Gasteiger partial charge in [0.1, 0.15) is 11.4 Å². The van der Waals surface area contributed by atoms with Crippen LogP contribution in [0.3, 0.4) is 0 Å². The highest BCUT2D eigenvalue weighted by atomic mass is 16.5. The lowest BCUT2D eigenvalue weighted by Crippen LogP contribution is -2.39. The molecule has 2 aromatic heterocycles. The van der Waals surface area contributed by atoms with Crippen molar-refractivity contribution in [2.45, 2.75) is 44.2 Å². The van der Waals surface area contributed by atoms with Gasteiger partial charge in [0, 0.05) is 36.7 Å². The molecule has 1 aliphatic carbocycles. The Morgan fingerprint density at radius 3 is 2.84 bits per heavy atom. The third-order valence-corrected chi connectivity index (χ3v) is 5.88. The van der Waals surface area contributed by atoms with Gasteiger partial charge in [-0.25, -0.2) is 0 Å². The Kier molecular flexibility index (Phi) is 5.29. The lowest BCUT2D eigenvalue weighted by Gasteiger charge is -2.32. The van der Waals surface area contributed by atoms with Crippen LogP contribution < -0.4 is 14.8 Å². The molecule has 1 aliphatic rings. The van der Waals surface area contributed by atoms with Crippen molar-refractivity contribution in [3.8, 4) is 18.1 Å². The summed E-state index contributed by atoms with van der Waals surface area (Å²) in [7, 11) is 1.51. The number of aliphatic hydroxyl groups is 1. The first-order valence-corrected chi connectivity index (χ1v) is 10.1. The van der Waals surface area contributed by atoms with Crippen molar-refractivity contribution in [2.75, 3.05) is 12.4 Å². The molecule has 8 heteroatoms. The second-order valence-electron chi connectivity index (χ2n) is 7.93. The van der Waals surface area contributed by atoms with E-state index in [1.54, 1.807) is 31.2 Å². The number of nitrogens with one attached hydrogen (secondary N) is 1. The van der Waals surface area contributed by atoms with Gasteiger partial charge in [-0.05, 0) is 37.8 Å². The van der Waals surface area contributed by atoms with Gasteiger partial charge >= 0.3 is 5.91 Å². The first-order chi connectivity index (χ1) is 14.8. The smallest absolute Gasteiger partial charge is 0.321 e. The van der Waals surface area contributed by atoms with Crippen molar-refractivity contribution in [3.63, 3.8) is 0 Å². The fourth-order valence-electron chi connectivity index (χ4n) is 3.97. The van der Waals surface area contributed by atoms with E-state index in [1.165, 1.54) is 13.2 Å². The van der Waals surface area contributed by atoms with Gasteiger partial charge in [0.15, 0.2) is 5.69 Å². The monoisotopic (exact) mass is 420 g/mol. The Labute approximate surface area is 180 Å². The molecule has 8 nitrogen and oxygen atoms in total. The molecule has 1 aromatic carbocycles. The standard InChI is InChI=1S/C23H24N4O4/c1-4-23(29)10-8-17(9-11-23)26-14-16-12-19(21(31-3)13-18(16)25-26)24-22(28)20-7-5-6-15(2)27(20)30/h1,5-7,12-14,17,29H,8-11H2,2-3H3,(H,24,28). The summed E-state index contributed by atoms with van der Waals surface area (Å²) in [6, 6.07) is 8.44. The van der Waals surface area contributed by atoms with E-state index in [4.69, 9.17) is 11.2 Å². The van der Waals surface area contributed by atoms with Gasteiger partial charge in [-0.2, -0.15) is 9.83 Å². The van der Waals surface area contributed by atoms with Gasteiger partial charge in [-0.15, -0.1) is 6.42 Å². The number of methoxy groups -OCH3 is 1. The molecule has 1 fully saturated rings. The van der Waals surface area contributed by atoms with E-state index in [1.807, 2.05) is 10.9 Å². The van der Waals surface area contributed by atoms with E-state index in [2.05, 4.69) is 16.3 Å². The van der Waals surface area contributed by atoms with Crippen molar-refractivity contribution in [1.29, 1.82) is 0 Å². The van der Waals surface area contributed by atoms with Crippen LogP contribution in [0.5, 0.6) is 5.75 Å². The van der Waals surface area contributed by atoms with Gasteiger partial charge in [0.25, 0.3) is 5.69 Å². The maximum absolute atomic E-state index is 12.7. The predicted octanol–water partition coefficient (Wildman–Crippen LogP) is 2.72. The Bertz CT molecular complexity index is 1190. The molecule has 4 rings (SSSR count). The third kappa shape index (κ3) is 3.92. The summed E-state index contributed by atoms with van der Waals surface area (Å²) in [4.78, 5) is 12.7. The molecule has 2 heterocycles. The Hall–Kier alpha value is -3.57. The van der Waals surface area contributed by atoms with Crippen LogP contribution in [-0.2, 0) is 0 Å². The van der Waals surface area contributed by atoms with E-state index in [0.717, 1.165) is 23.7 Å². The van der Waals surface area contributed by atoms with Crippen LogP contribution in [0.1, 0.15) is 47.9 Å². The molecule has 2 N–H and O–H groups in total. The van der Waals surface area contributed by atoms with Crippen LogP contribution in [0, 0.1) is 24.5 Å². The van der Waals surface area contributed by atoms with E-state index in [-0.39, 0.29) is 11.7 Å². The van der Waals surface area contributed by atoms with Gasteiger partial charge in [0.05, 0.1) is 24.4 Å². The van der Waals surface area contributed by atoms with Gasteiger partial charge in [0.2, 0.25) is 0 Å². The van der Waals surface area contributed by atoms with Crippen LogP contribution in [-0.4, -0.2) is 33.5 Å². The highest BCUT2D eigenvalue weighted by Gasteiger charge is 2.32. The average Bonchev–Trinajstić information content (AvgIpc) is 3.18. The zero-order chi connectivity index (χ0) is 22.2. The molecule has 1 saturated carbocycles. The van der Waals surface area contributed by atoms with Crippen LogP contribution in [0.2, 0.25) is 0 Å². The third-order valence-electron chi connectivity index (χ3n) is 5.88. The van der Waals surface area contributed by atoms with E-state index in [9.17, 15) is 15.1 Å². The zero-order valence-electron chi connectivity index (χ0n) is 17.5. The number of nitrogens with zero attached hydrogens (tertiary/aromatic N) is 3. The molecule has 0 spiro atoms. The quantitative estimate of drug-likeness (QED) is 0.384. The topological polar surface area (TPSA) is 103 Å². The molecule has 0 radical (unpaired) electrons. The lowest BCUT2D eigenvalue weighted by molar-refractivity contribution is -0.614. The van der Waals surface area contributed by atoms with Gasteiger partial charge in [-0.3, -0.25) is 9.48 Å². The number of hydrogen-bond acceptors (Lipinski definition) is 5. The van der Waals surface area contributed by atoms with Gasteiger partial charge in [-0.1, -0.05) is 5.92 Å². The Morgan fingerprint density at radius 1 is 1.42 bits per heavy atom. The molecule has 31 heavy (non-hydrogen) atoms. The van der Waals surface area contributed by atoms with Gasteiger partial charge < -0.3 is 20.4 Å². The Balaban J connectivity index is 1.61. The minimum Gasteiger partial charge on any atom is -0.618 e. The first-order valence-electron chi connectivity index (χ1n) is 10.1. The molecule has 0 aliphatic heterocycles. The highest BCUT2D eigenvalue weighted by Crippen LogP contribution is 2.36. The van der Waals surface area contributed by atoms with Crippen LogP contribution in [0.25, 0.3) is 10.9 Å². The normalized spacial score (nSPS) is 20.9. The van der Waals surface area contributed by atoms with Crippen LogP contribution in [0.4, 0.5) is 5.69 Å². The number of rotatable bonds is 4. The SMILES string of the molecule is C#CC1(O)CCC(n2cc3cc(NC(=O)c4cccc(C)[n+]4[O-])c(OC)cc3n2)CC1. The number of terminal acetylenes is 1. The van der Waals surface area contributed by atoms with Crippen LogP contribution in [0.15, 0.2) is 36.5 Å². The highest BCUT2D eigenvalue weighted by molar-refractivity contribution is 6.04. The number of amides is 1. The summed E-state index contributed by atoms with van der Waals surface area (Å²) in [6.45, 7) is 1.64. The van der Waals surface area contributed by atoms with Crippen LogP contribution >= 0.6 is 0 Å². The molecular weight excluding hydrogens is 396 g/mol. The fraction of sp³-hybridized carbons (Fsp3) is 0.348. The summed E-state index contributed by atoms with van der Waals surface area (Å²) < 4.78 is 7.92. The summed E-state index contributed by atoms with van der Waals surface area (Å²) in [5.74, 6) is 2.41. The maximum Gasteiger partial charge on any atom is 0.321 e. The fourth-order valence-corrected chi connectivity index (χ4v) is 3.97. The van der Waals surface area contributed by atoms with Crippen molar-refractivity contribution >= 4 is 22.5 Å². The number of hydrogen-bond donors (Lipinski definition) is 2. The summed E-state index contributed by atoms with van der Waals surface area (Å²) in [6.07, 6.45) is 9.87. The van der Waals surface area contributed by atoms with E-state index in [0.29, 0.717) is 34.7 Å². The van der Waals surface area contributed by atoms with Crippen molar-refractivity contribution in [2.24, 2.45) is 0 Å². The van der Waals surface area contributed by atoms with Crippen molar-refractivity contribution in [3.05, 3.63) is 53.1 Å². The summed E-state index contributed by atoms with van der Waals surface area (Å²) >= 11 is 0. The molecule has 0 bridgehead atoms. The number of ether oxygens (including phenoxy) is 1. The number of anilines is 1. The second kappa shape index (κ2) is 7.93. The molecule has 160 valence electrons. The summed E-state index contributed by atoms with van der Waals surface area (Å²) in [5, 5.41) is 30.7. The lowest BCUT2D eigenvalue weighted by atomic mass is 9.83. The molecule has 0 atom stereocenters. The maximum atomic E-state index is 12.7. The number of aryl methyl sites for hydroxylation is 1. The number of benzene rings is 1. The molecule has 1 amide bonds. The second-order valence-corrected chi connectivity index (χ2v) is 7.93. The molecule has 0 saturated heterocycles. The van der Waals surface area contributed by atoms with Crippen molar-refractivity contribution in [1.82, 2.24) is 9.78 Å². The first kappa shape index (κ1) is 20.7. The largest absolute Gasteiger partial charge is 0.618 e. The minimum atomic E-state index is -1.03. The zero-order valence-corrected chi connectivity index (χ0v) is 17.5. The number of carbonyl (C=O) groups is 1. The molecule has 3 aromatic rings. The Morgan fingerprint density at radius 2 is 2.16 bits per heavy atom. The number of aromatic nitrogens is 3.